The Labute approximate surface area is 154 Å². The average Bonchev–Trinajstić information content (AvgIpc) is 2.54. The number of nitrogens with zero attached hydrogens (tertiary/aromatic N) is 1. The van der Waals surface area contributed by atoms with Gasteiger partial charge in [-0.05, 0) is 18.1 Å². The van der Waals surface area contributed by atoms with Crippen LogP contribution in [0.15, 0.2) is 4.79 Å². The number of ether oxygens (including phenoxy) is 2. The molecule has 0 aliphatic heterocycles. The van der Waals surface area contributed by atoms with Gasteiger partial charge in [-0.25, -0.2) is 9.78 Å². The van der Waals surface area contributed by atoms with Crippen molar-refractivity contribution in [1.29, 1.82) is 0 Å². The molecule has 1 aromatic rings. The lowest BCUT2D eigenvalue weighted by atomic mass is 10.2. The van der Waals surface area contributed by atoms with Crippen LogP contribution in [0.5, 0.6) is 5.75 Å². The molecule has 9 heteroatoms. The summed E-state index contributed by atoms with van der Waals surface area (Å²) in [5, 5.41) is 9.67. The van der Waals surface area contributed by atoms with Crippen LogP contribution >= 0.6 is 0 Å². The van der Waals surface area contributed by atoms with Crippen LogP contribution in [0.25, 0.3) is 0 Å². The maximum Gasteiger partial charge on any atom is 0.360 e. The smallest absolute Gasteiger partial charge is 0.360 e. The molecule has 0 fully saturated rings. The lowest BCUT2D eigenvalue weighted by Gasteiger charge is -2.38. The topological polar surface area (TPSA) is 111 Å². The molecule has 1 unspecified atom stereocenters. The maximum atomic E-state index is 12.0. The van der Waals surface area contributed by atoms with Gasteiger partial charge in [0.15, 0.2) is 14.0 Å². The number of methoxy groups -OCH3 is 1. The number of terminal acetylenes is 1. The zero-order valence-corrected chi connectivity index (χ0v) is 17.0. The van der Waals surface area contributed by atoms with Gasteiger partial charge in [-0.15, -0.1) is 6.42 Å². The van der Waals surface area contributed by atoms with Gasteiger partial charge < -0.3 is 24.0 Å². The number of esters is 1. The predicted molar refractivity (Wildman–Crippen MR) is 98.5 cm³/mol. The standard InChI is InChI=1S/C17H26N2O6Si/c1-8-9-24-10-11(25-26(6,7)17(2,3)4)14-18-12(16(22)23-5)13(20)15(21)19-14/h1,11,20H,9-10H2,2-7H3,(H,18,19,21). The summed E-state index contributed by atoms with van der Waals surface area (Å²) >= 11 is 0. The number of H-pyrrole nitrogens is 1. The zero-order valence-electron chi connectivity index (χ0n) is 16.0. The van der Waals surface area contributed by atoms with Crippen LogP contribution in [0, 0.1) is 12.3 Å². The Bertz CT molecular complexity index is 745. The number of hydrogen-bond acceptors (Lipinski definition) is 7. The van der Waals surface area contributed by atoms with Crippen LogP contribution in [-0.4, -0.2) is 49.7 Å². The van der Waals surface area contributed by atoms with Crippen LogP contribution in [-0.2, 0) is 13.9 Å². The van der Waals surface area contributed by atoms with Gasteiger partial charge in [0.1, 0.15) is 18.5 Å². The Morgan fingerprint density at radius 2 is 2.04 bits per heavy atom. The SMILES string of the molecule is C#CCOCC(O[Si](C)(C)C(C)(C)C)c1nc(C(=O)OC)c(O)c(=O)[nH]1. The normalized spacial score (nSPS) is 13.1. The minimum atomic E-state index is -2.27. The van der Waals surface area contributed by atoms with E-state index in [0.717, 1.165) is 7.11 Å². The van der Waals surface area contributed by atoms with Crippen molar-refractivity contribution in [3.63, 3.8) is 0 Å². The van der Waals surface area contributed by atoms with Gasteiger partial charge >= 0.3 is 5.97 Å². The third kappa shape index (κ3) is 5.17. The number of nitrogens with one attached hydrogen (secondary N) is 1. The van der Waals surface area contributed by atoms with Crippen molar-refractivity contribution in [3.8, 4) is 18.1 Å². The van der Waals surface area contributed by atoms with Crippen LogP contribution in [0.3, 0.4) is 0 Å². The third-order valence-corrected chi connectivity index (χ3v) is 8.78. The molecular weight excluding hydrogens is 356 g/mol. The number of carbonyl (C=O) groups is 1. The van der Waals surface area contributed by atoms with E-state index in [4.69, 9.17) is 15.6 Å². The van der Waals surface area contributed by atoms with Crippen LogP contribution in [0.1, 0.15) is 43.2 Å². The van der Waals surface area contributed by atoms with E-state index < -0.39 is 37.4 Å². The maximum absolute atomic E-state index is 12.0. The summed E-state index contributed by atoms with van der Waals surface area (Å²) in [5.74, 6) is 0.684. The summed E-state index contributed by atoms with van der Waals surface area (Å²) in [4.78, 5) is 30.3. The first-order chi connectivity index (χ1) is 11.9. The number of carbonyl (C=O) groups excluding carboxylic acids is 1. The second kappa shape index (κ2) is 8.49. The summed E-state index contributed by atoms with van der Waals surface area (Å²) in [5.41, 5.74) is -1.34. The summed E-state index contributed by atoms with van der Waals surface area (Å²) in [6.45, 7) is 10.3. The average molecular weight is 382 g/mol. The van der Waals surface area contributed by atoms with Crippen molar-refractivity contribution in [2.24, 2.45) is 0 Å². The molecule has 0 spiro atoms. The quantitative estimate of drug-likeness (QED) is 0.321. The highest BCUT2D eigenvalue weighted by atomic mass is 28.4. The monoisotopic (exact) mass is 382 g/mol. The molecule has 0 saturated heterocycles. The van der Waals surface area contributed by atoms with Gasteiger partial charge in [0.2, 0.25) is 5.75 Å². The van der Waals surface area contributed by atoms with Crippen molar-refractivity contribution in [3.05, 3.63) is 21.9 Å². The van der Waals surface area contributed by atoms with E-state index in [2.05, 4.69) is 41.4 Å². The zero-order chi connectivity index (χ0) is 20.1. The first kappa shape index (κ1) is 21.9. The van der Waals surface area contributed by atoms with E-state index in [9.17, 15) is 14.7 Å². The molecule has 1 aromatic heterocycles. The van der Waals surface area contributed by atoms with E-state index in [1.807, 2.05) is 13.1 Å². The van der Waals surface area contributed by atoms with E-state index in [1.165, 1.54) is 0 Å². The molecule has 0 aliphatic carbocycles. The predicted octanol–water partition coefficient (Wildman–Crippen LogP) is 1.97. The summed E-state index contributed by atoms with van der Waals surface area (Å²) < 4.78 is 16.2. The third-order valence-electron chi connectivity index (χ3n) is 4.29. The first-order valence-electron chi connectivity index (χ1n) is 8.05. The second-order valence-corrected chi connectivity index (χ2v) is 12.0. The number of aromatic nitrogens is 2. The van der Waals surface area contributed by atoms with Crippen molar-refractivity contribution in [2.75, 3.05) is 20.3 Å². The van der Waals surface area contributed by atoms with Crippen LogP contribution in [0.4, 0.5) is 0 Å². The molecule has 0 saturated carbocycles. The lowest BCUT2D eigenvalue weighted by molar-refractivity contribution is 0.0508. The van der Waals surface area contributed by atoms with Gasteiger partial charge in [-0.3, -0.25) is 4.79 Å². The highest BCUT2D eigenvalue weighted by Gasteiger charge is 2.40. The van der Waals surface area contributed by atoms with Crippen molar-refractivity contribution < 1.29 is 23.8 Å². The molecule has 8 nitrogen and oxygen atoms in total. The van der Waals surface area contributed by atoms with Crippen molar-refractivity contribution >= 4 is 14.3 Å². The van der Waals surface area contributed by atoms with E-state index >= 15 is 0 Å². The molecule has 0 aliphatic rings. The molecule has 1 rings (SSSR count). The fourth-order valence-corrected chi connectivity index (χ4v) is 3.05. The van der Waals surface area contributed by atoms with Crippen LogP contribution in [0.2, 0.25) is 18.1 Å². The minimum Gasteiger partial charge on any atom is -0.501 e. The molecule has 1 atom stereocenters. The Hall–Kier alpha value is -2.15. The fraction of sp³-hybridized carbons (Fsp3) is 0.588. The van der Waals surface area contributed by atoms with E-state index in [-0.39, 0.29) is 24.1 Å². The fourth-order valence-electron chi connectivity index (χ4n) is 1.80. The number of hydrogen-bond donors (Lipinski definition) is 2. The molecule has 0 radical (unpaired) electrons. The van der Waals surface area contributed by atoms with Gasteiger partial charge in [0, 0.05) is 0 Å². The van der Waals surface area contributed by atoms with Crippen molar-refractivity contribution in [1.82, 2.24) is 9.97 Å². The molecule has 0 bridgehead atoms. The molecule has 0 amide bonds. The summed E-state index contributed by atoms with van der Waals surface area (Å²) in [7, 11) is -1.14. The second-order valence-electron chi connectivity index (χ2n) is 7.23. The molecular formula is C17H26N2O6Si. The molecule has 1 heterocycles. The molecule has 144 valence electrons. The van der Waals surface area contributed by atoms with E-state index in [0.29, 0.717) is 0 Å². The molecule has 26 heavy (non-hydrogen) atoms. The Kier molecular flexibility index (Phi) is 7.14. The first-order valence-corrected chi connectivity index (χ1v) is 11.0. The summed E-state index contributed by atoms with van der Waals surface area (Å²) in [6, 6.07) is 0. The number of aromatic amines is 1. The largest absolute Gasteiger partial charge is 0.501 e. The van der Waals surface area contributed by atoms with Gasteiger partial charge in [-0.1, -0.05) is 26.7 Å². The Morgan fingerprint density at radius 3 is 2.54 bits per heavy atom. The van der Waals surface area contributed by atoms with Crippen molar-refractivity contribution in [2.45, 2.75) is 45.0 Å². The highest BCUT2D eigenvalue weighted by molar-refractivity contribution is 6.74. The van der Waals surface area contributed by atoms with Crippen LogP contribution < -0.4 is 5.56 Å². The van der Waals surface area contributed by atoms with Gasteiger partial charge in [0.05, 0.1) is 13.7 Å². The van der Waals surface area contributed by atoms with Gasteiger partial charge in [0.25, 0.3) is 5.56 Å². The molecule has 2 N–H and O–H groups in total. The number of aromatic hydroxyl groups is 1. The minimum absolute atomic E-state index is 0.0328. The highest BCUT2D eigenvalue weighted by Crippen LogP contribution is 2.39. The number of rotatable bonds is 7. The summed E-state index contributed by atoms with van der Waals surface area (Å²) in [6.07, 6.45) is 4.44. The Morgan fingerprint density at radius 1 is 1.42 bits per heavy atom. The van der Waals surface area contributed by atoms with Gasteiger partial charge in [-0.2, -0.15) is 0 Å². The lowest BCUT2D eigenvalue weighted by Crippen LogP contribution is -2.43. The van der Waals surface area contributed by atoms with E-state index in [1.54, 1.807) is 0 Å². The Balaban J connectivity index is 3.35. The molecule has 0 aromatic carbocycles.